The summed E-state index contributed by atoms with van der Waals surface area (Å²) in [6, 6.07) is 15.3. The largest absolute Gasteiger partial charge is 0.416 e. The van der Waals surface area contributed by atoms with E-state index in [1.54, 1.807) is 0 Å². The van der Waals surface area contributed by atoms with Gasteiger partial charge in [-0.2, -0.15) is 13.2 Å². The van der Waals surface area contributed by atoms with Crippen molar-refractivity contribution in [3.05, 3.63) is 71.3 Å². The molecule has 0 spiro atoms. The van der Waals surface area contributed by atoms with Crippen LogP contribution >= 0.6 is 0 Å². The Morgan fingerprint density at radius 2 is 1.75 bits per heavy atom. The number of carbonyl (C=O) groups excluding carboxylic acids is 2. The molecule has 194 valence electrons. The Hall–Kier alpha value is -2.91. The van der Waals surface area contributed by atoms with Gasteiger partial charge in [0.25, 0.3) is 5.91 Å². The Balaban J connectivity index is 1.23. The van der Waals surface area contributed by atoms with Crippen LogP contribution in [0.5, 0.6) is 0 Å². The molecule has 0 unspecified atom stereocenters. The molecule has 2 fully saturated rings. The number of amides is 2. The minimum atomic E-state index is -4.53. The van der Waals surface area contributed by atoms with Crippen LogP contribution in [0, 0.1) is 0 Å². The Labute approximate surface area is 209 Å². The van der Waals surface area contributed by atoms with E-state index in [2.05, 4.69) is 33.0 Å². The first-order valence-corrected chi connectivity index (χ1v) is 12.6. The summed E-state index contributed by atoms with van der Waals surface area (Å²) in [6.45, 7) is 2.20. The lowest BCUT2D eigenvalue weighted by atomic mass is 9.89. The zero-order valence-corrected chi connectivity index (χ0v) is 20.2. The van der Waals surface area contributed by atoms with Crippen molar-refractivity contribution < 1.29 is 22.8 Å². The van der Waals surface area contributed by atoms with E-state index in [0.29, 0.717) is 12.1 Å². The molecule has 3 atom stereocenters. The highest BCUT2D eigenvalue weighted by Crippen LogP contribution is 2.29. The van der Waals surface area contributed by atoms with Gasteiger partial charge in [-0.25, -0.2) is 0 Å². The van der Waals surface area contributed by atoms with E-state index >= 15 is 0 Å². The van der Waals surface area contributed by atoms with Crippen molar-refractivity contribution in [2.24, 2.45) is 0 Å². The van der Waals surface area contributed by atoms with Gasteiger partial charge in [0.15, 0.2) is 0 Å². The van der Waals surface area contributed by atoms with Gasteiger partial charge in [-0.1, -0.05) is 49.2 Å². The summed E-state index contributed by atoms with van der Waals surface area (Å²) >= 11 is 0. The first-order chi connectivity index (χ1) is 17.3. The highest BCUT2D eigenvalue weighted by atomic mass is 19.4. The molecule has 6 nitrogen and oxygen atoms in total. The lowest BCUT2D eigenvalue weighted by Crippen LogP contribution is -2.52. The van der Waals surface area contributed by atoms with Crippen LogP contribution < -0.4 is 16.0 Å². The number of nitrogens with one attached hydrogen (secondary N) is 3. The molecule has 2 aromatic rings. The topological polar surface area (TPSA) is 73.5 Å². The standard InChI is InChI=1S/C27H33F3N4O2/c28-27(29,30)21-10-6-9-20(15-21)26(36)32-17-25(35)33-22-13-14-34(18-22)24-12-5-4-11-23(24)31-16-19-7-2-1-3-8-19/h1-3,6-10,15,22-24,31H,4-5,11-14,16-18H2,(H,32,36)(H,33,35)/t22-,23-,24+/m1/s1. The summed E-state index contributed by atoms with van der Waals surface area (Å²) in [5, 5.41) is 9.13. The summed E-state index contributed by atoms with van der Waals surface area (Å²) < 4.78 is 38.6. The van der Waals surface area contributed by atoms with Crippen LogP contribution in [0.15, 0.2) is 54.6 Å². The van der Waals surface area contributed by atoms with Crippen LogP contribution in [0.25, 0.3) is 0 Å². The van der Waals surface area contributed by atoms with E-state index in [1.807, 2.05) is 18.2 Å². The summed E-state index contributed by atoms with van der Waals surface area (Å²) in [5.74, 6) is -1.05. The van der Waals surface area contributed by atoms with E-state index in [1.165, 1.54) is 30.5 Å². The third kappa shape index (κ3) is 7.07. The van der Waals surface area contributed by atoms with Crippen molar-refractivity contribution in [3.63, 3.8) is 0 Å². The second kappa shape index (κ2) is 11.9. The van der Waals surface area contributed by atoms with Crippen molar-refractivity contribution in [2.75, 3.05) is 19.6 Å². The van der Waals surface area contributed by atoms with Gasteiger partial charge in [0.2, 0.25) is 5.91 Å². The zero-order chi connectivity index (χ0) is 25.5. The second-order valence-corrected chi connectivity index (χ2v) is 9.63. The summed E-state index contributed by atoms with van der Waals surface area (Å²) in [5.41, 5.74) is 0.237. The lowest BCUT2D eigenvalue weighted by Gasteiger charge is -2.38. The number of rotatable bonds is 8. The molecule has 1 saturated carbocycles. The Morgan fingerprint density at radius 1 is 0.972 bits per heavy atom. The summed E-state index contributed by atoms with van der Waals surface area (Å²) in [4.78, 5) is 27.1. The molecule has 2 aromatic carbocycles. The molecule has 1 heterocycles. The highest BCUT2D eigenvalue weighted by molar-refractivity contribution is 5.96. The average molecular weight is 503 g/mol. The average Bonchev–Trinajstić information content (AvgIpc) is 3.34. The summed E-state index contributed by atoms with van der Waals surface area (Å²) in [6.07, 6.45) is 0.963. The van der Waals surface area contributed by atoms with Crippen molar-refractivity contribution in [3.8, 4) is 0 Å². The highest BCUT2D eigenvalue weighted by Gasteiger charge is 2.35. The van der Waals surface area contributed by atoms with Crippen LogP contribution in [0.1, 0.15) is 53.6 Å². The SMILES string of the molecule is O=C(CNC(=O)c1cccc(C(F)(F)F)c1)N[C@@H]1CCN([C@H]2CCCC[C@H]2NCc2ccccc2)C1. The van der Waals surface area contributed by atoms with Crippen molar-refractivity contribution in [1.82, 2.24) is 20.9 Å². The number of likely N-dealkylation sites (tertiary alicyclic amines) is 1. The van der Waals surface area contributed by atoms with E-state index in [0.717, 1.165) is 51.0 Å². The smallest absolute Gasteiger partial charge is 0.350 e. The predicted octanol–water partition coefficient (Wildman–Crippen LogP) is 3.73. The van der Waals surface area contributed by atoms with Gasteiger partial charge < -0.3 is 16.0 Å². The maximum atomic E-state index is 12.9. The number of hydrogen-bond acceptors (Lipinski definition) is 4. The van der Waals surface area contributed by atoms with Gasteiger partial charge >= 0.3 is 6.18 Å². The Kier molecular flexibility index (Phi) is 8.64. The molecule has 0 radical (unpaired) electrons. The lowest BCUT2D eigenvalue weighted by molar-refractivity contribution is -0.137. The minimum Gasteiger partial charge on any atom is -0.350 e. The van der Waals surface area contributed by atoms with Crippen molar-refractivity contribution in [1.29, 1.82) is 0 Å². The fourth-order valence-electron chi connectivity index (χ4n) is 5.22. The van der Waals surface area contributed by atoms with E-state index in [4.69, 9.17) is 0 Å². The van der Waals surface area contributed by atoms with Crippen molar-refractivity contribution in [2.45, 2.75) is 63.0 Å². The van der Waals surface area contributed by atoms with Gasteiger partial charge in [-0.3, -0.25) is 14.5 Å². The molecular weight excluding hydrogens is 469 g/mol. The first-order valence-electron chi connectivity index (χ1n) is 12.6. The van der Waals surface area contributed by atoms with Gasteiger partial charge in [-0.15, -0.1) is 0 Å². The zero-order valence-electron chi connectivity index (χ0n) is 20.2. The van der Waals surface area contributed by atoms with Crippen LogP contribution in [0.3, 0.4) is 0 Å². The molecule has 1 saturated heterocycles. The fourth-order valence-corrected chi connectivity index (χ4v) is 5.22. The normalized spacial score (nSPS) is 22.8. The van der Waals surface area contributed by atoms with Gasteiger partial charge in [0.05, 0.1) is 12.1 Å². The van der Waals surface area contributed by atoms with Crippen LogP contribution in [0.2, 0.25) is 0 Å². The predicted molar refractivity (Wildman–Crippen MR) is 131 cm³/mol. The Bertz CT molecular complexity index is 1030. The minimum absolute atomic E-state index is 0.0142. The number of alkyl halides is 3. The molecule has 4 rings (SSSR count). The molecular formula is C27H33F3N4O2. The molecule has 2 aliphatic rings. The monoisotopic (exact) mass is 502 g/mol. The molecule has 36 heavy (non-hydrogen) atoms. The van der Waals surface area contributed by atoms with E-state index in [-0.39, 0.29) is 24.1 Å². The molecule has 0 aromatic heterocycles. The molecule has 2 amide bonds. The summed E-state index contributed by atoms with van der Waals surface area (Å²) in [7, 11) is 0. The number of carbonyl (C=O) groups is 2. The second-order valence-electron chi connectivity index (χ2n) is 9.63. The van der Waals surface area contributed by atoms with Crippen LogP contribution in [0.4, 0.5) is 13.2 Å². The maximum absolute atomic E-state index is 12.9. The first kappa shape index (κ1) is 26.2. The third-order valence-corrected chi connectivity index (χ3v) is 7.06. The number of halogens is 3. The fraction of sp³-hybridized carbons (Fsp3) is 0.481. The van der Waals surface area contributed by atoms with Crippen molar-refractivity contribution >= 4 is 11.8 Å². The van der Waals surface area contributed by atoms with E-state index in [9.17, 15) is 22.8 Å². The Morgan fingerprint density at radius 3 is 2.53 bits per heavy atom. The molecule has 1 aliphatic heterocycles. The quantitative estimate of drug-likeness (QED) is 0.515. The molecule has 1 aliphatic carbocycles. The van der Waals surface area contributed by atoms with Gasteiger partial charge in [-0.05, 0) is 43.0 Å². The van der Waals surface area contributed by atoms with Crippen LogP contribution in [-0.4, -0.2) is 54.5 Å². The third-order valence-electron chi connectivity index (χ3n) is 7.06. The molecule has 9 heteroatoms. The van der Waals surface area contributed by atoms with Crippen LogP contribution in [-0.2, 0) is 17.5 Å². The molecule has 3 N–H and O–H groups in total. The number of nitrogens with zero attached hydrogens (tertiary/aromatic N) is 1. The molecule has 0 bridgehead atoms. The van der Waals surface area contributed by atoms with Gasteiger partial charge in [0, 0.05) is 43.3 Å². The van der Waals surface area contributed by atoms with Gasteiger partial charge in [0.1, 0.15) is 0 Å². The maximum Gasteiger partial charge on any atom is 0.416 e. The number of benzene rings is 2. The number of hydrogen-bond donors (Lipinski definition) is 3. The van der Waals surface area contributed by atoms with E-state index < -0.39 is 17.6 Å².